The number of hydrogen-bond acceptors (Lipinski definition) is 3. The Kier molecular flexibility index (Phi) is 4.80. The van der Waals surface area contributed by atoms with E-state index in [1.807, 2.05) is 18.3 Å². The summed E-state index contributed by atoms with van der Waals surface area (Å²) in [6.07, 6.45) is 4.81. The Labute approximate surface area is 122 Å². The lowest BCUT2D eigenvalue weighted by molar-refractivity contribution is 0.765. The van der Waals surface area contributed by atoms with Gasteiger partial charge in [-0.1, -0.05) is 6.92 Å². The maximum Gasteiger partial charge on any atom is 0.0445 e. The van der Waals surface area contributed by atoms with Crippen LogP contribution >= 0.6 is 15.9 Å². The number of aromatic nitrogens is 1. The van der Waals surface area contributed by atoms with Gasteiger partial charge in [-0.3, -0.25) is 4.98 Å². The number of nitrogen functional groups attached to an aromatic ring is 1. The summed E-state index contributed by atoms with van der Waals surface area (Å²) in [5, 5.41) is 0. The third-order valence-corrected chi connectivity index (χ3v) is 3.32. The van der Waals surface area contributed by atoms with Crippen molar-refractivity contribution in [1.82, 2.24) is 4.98 Å². The second-order valence-corrected chi connectivity index (χ2v) is 5.44. The molecule has 1 aromatic carbocycles. The van der Waals surface area contributed by atoms with Crippen molar-refractivity contribution in [2.24, 2.45) is 0 Å². The number of halogens is 1. The van der Waals surface area contributed by atoms with Crippen LogP contribution in [0.3, 0.4) is 0 Å². The first-order chi connectivity index (χ1) is 9.19. The molecule has 19 heavy (non-hydrogen) atoms. The summed E-state index contributed by atoms with van der Waals surface area (Å²) >= 11 is 3.46. The van der Waals surface area contributed by atoms with Crippen molar-refractivity contribution in [3.8, 4) is 0 Å². The highest BCUT2D eigenvalue weighted by Crippen LogP contribution is 2.20. The average Bonchev–Trinajstić information content (AvgIpc) is 2.39. The molecule has 0 amide bonds. The molecule has 0 aliphatic rings. The molecule has 2 rings (SSSR count). The van der Waals surface area contributed by atoms with Crippen LogP contribution in [0.25, 0.3) is 0 Å². The number of anilines is 2. The molecular weight excluding hydrogens is 302 g/mol. The topological polar surface area (TPSA) is 42.2 Å². The Balaban J connectivity index is 2.18. The van der Waals surface area contributed by atoms with Gasteiger partial charge in [-0.05, 0) is 58.2 Å². The Bertz CT molecular complexity index is 525. The van der Waals surface area contributed by atoms with E-state index >= 15 is 0 Å². The van der Waals surface area contributed by atoms with Crippen LogP contribution in [0.4, 0.5) is 11.4 Å². The molecule has 0 bridgehead atoms. The number of nitrogens with two attached hydrogens (primary N) is 1. The van der Waals surface area contributed by atoms with E-state index in [9.17, 15) is 0 Å². The Morgan fingerprint density at radius 3 is 2.58 bits per heavy atom. The van der Waals surface area contributed by atoms with Gasteiger partial charge in [0.15, 0.2) is 0 Å². The molecule has 100 valence electrons. The number of benzene rings is 1. The fourth-order valence-corrected chi connectivity index (χ4v) is 2.43. The minimum Gasteiger partial charge on any atom is -0.399 e. The molecule has 1 heterocycles. The van der Waals surface area contributed by atoms with Crippen molar-refractivity contribution in [1.29, 1.82) is 0 Å². The van der Waals surface area contributed by atoms with Crippen molar-refractivity contribution in [2.45, 2.75) is 19.9 Å². The van der Waals surface area contributed by atoms with Crippen LogP contribution in [0.15, 0.2) is 47.2 Å². The lowest BCUT2D eigenvalue weighted by atomic mass is 10.2. The fraction of sp³-hybridized carbons (Fsp3) is 0.267. The van der Waals surface area contributed by atoms with Crippen molar-refractivity contribution >= 4 is 27.3 Å². The molecular formula is C15H18BrN3. The Morgan fingerprint density at radius 2 is 1.95 bits per heavy atom. The minimum absolute atomic E-state index is 0.796. The van der Waals surface area contributed by atoms with Gasteiger partial charge in [-0.15, -0.1) is 0 Å². The molecule has 0 spiro atoms. The van der Waals surface area contributed by atoms with E-state index in [0.717, 1.165) is 29.7 Å². The third-order valence-electron chi connectivity index (χ3n) is 2.89. The van der Waals surface area contributed by atoms with Crippen LogP contribution in [-0.4, -0.2) is 11.5 Å². The number of nitrogens with zero attached hydrogens (tertiary/aromatic N) is 2. The smallest absolute Gasteiger partial charge is 0.0445 e. The second-order valence-electron chi connectivity index (χ2n) is 4.52. The molecule has 0 unspecified atom stereocenters. The molecule has 1 aromatic heterocycles. The minimum atomic E-state index is 0.796. The van der Waals surface area contributed by atoms with Crippen molar-refractivity contribution in [3.63, 3.8) is 0 Å². The van der Waals surface area contributed by atoms with Crippen LogP contribution < -0.4 is 10.6 Å². The summed E-state index contributed by atoms with van der Waals surface area (Å²) in [7, 11) is 0. The normalized spacial score (nSPS) is 10.4. The van der Waals surface area contributed by atoms with E-state index < -0.39 is 0 Å². The summed E-state index contributed by atoms with van der Waals surface area (Å²) in [6, 6.07) is 10.1. The Hall–Kier alpha value is -1.55. The summed E-state index contributed by atoms with van der Waals surface area (Å²) in [5.41, 5.74) is 8.92. The first kappa shape index (κ1) is 13.9. The van der Waals surface area contributed by atoms with E-state index in [1.54, 1.807) is 6.20 Å². The fourth-order valence-electron chi connectivity index (χ4n) is 2.02. The molecule has 0 aliphatic heterocycles. The third kappa shape index (κ3) is 3.96. The van der Waals surface area contributed by atoms with Gasteiger partial charge in [0.25, 0.3) is 0 Å². The van der Waals surface area contributed by atoms with Crippen LogP contribution in [-0.2, 0) is 6.54 Å². The zero-order chi connectivity index (χ0) is 13.7. The number of rotatable bonds is 5. The highest BCUT2D eigenvalue weighted by molar-refractivity contribution is 9.10. The largest absolute Gasteiger partial charge is 0.399 e. The molecule has 0 aliphatic carbocycles. The quantitative estimate of drug-likeness (QED) is 0.851. The highest BCUT2D eigenvalue weighted by atomic mass is 79.9. The van der Waals surface area contributed by atoms with Gasteiger partial charge in [0.05, 0.1) is 0 Å². The van der Waals surface area contributed by atoms with Gasteiger partial charge < -0.3 is 10.6 Å². The van der Waals surface area contributed by atoms with Crippen LogP contribution in [0.2, 0.25) is 0 Å². The van der Waals surface area contributed by atoms with Crippen LogP contribution in [0.1, 0.15) is 18.9 Å². The summed E-state index contributed by atoms with van der Waals surface area (Å²) in [4.78, 5) is 6.55. The second kappa shape index (κ2) is 6.57. The van der Waals surface area contributed by atoms with Crippen LogP contribution in [0, 0.1) is 0 Å². The number of hydrogen-bond donors (Lipinski definition) is 1. The average molecular weight is 320 g/mol. The molecule has 4 heteroatoms. The molecule has 0 saturated carbocycles. The van der Waals surface area contributed by atoms with Gasteiger partial charge in [-0.2, -0.15) is 0 Å². The van der Waals surface area contributed by atoms with Crippen molar-refractivity contribution < 1.29 is 0 Å². The Morgan fingerprint density at radius 1 is 1.21 bits per heavy atom. The standard InChI is InChI=1S/C15H18BrN3/c1-2-7-19(15-5-3-14(17)4-6-15)11-12-8-13(16)10-18-9-12/h3-6,8-10H,2,7,11,17H2,1H3. The molecule has 2 N–H and O–H groups in total. The lowest BCUT2D eigenvalue weighted by Gasteiger charge is -2.24. The first-order valence-electron chi connectivity index (χ1n) is 6.39. The van der Waals surface area contributed by atoms with E-state index in [2.05, 4.69) is 50.9 Å². The molecule has 0 atom stereocenters. The van der Waals surface area contributed by atoms with E-state index in [0.29, 0.717) is 0 Å². The lowest BCUT2D eigenvalue weighted by Crippen LogP contribution is -2.23. The predicted octanol–water partition coefficient (Wildman–Crippen LogP) is 3.84. The van der Waals surface area contributed by atoms with Gasteiger partial charge >= 0.3 is 0 Å². The maximum atomic E-state index is 5.74. The zero-order valence-electron chi connectivity index (χ0n) is 11.0. The number of pyridine rings is 1. The summed E-state index contributed by atoms with van der Waals surface area (Å²) < 4.78 is 1.01. The SMILES string of the molecule is CCCN(Cc1cncc(Br)c1)c1ccc(N)cc1. The van der Waals surface area contributed by atoms with Gasteiger partial charge in [0.2, 0.25) is 0 Å². The molecule has 0 fully saturated rings. The van der Waals surface area contributed by atoms with E-state index in [-0.39, 0.29) is 0 Å². The molecule has 0 saturated heterocycles. The van der Waals surface area contributed by atoms with E-state index in [4.69, 9.17) is 5.73 Å². The van der Waals surface area contributed by atoms with E-state index in [1.165, 1.54) is 11.3 Å². The highest BCUT2D eigenvalue weighted by Gasteiger charge is 2.07. The van der Waals surface area contributed by atoms with Gasteiger partial charge in [0.1, 0.15) is 0 Å². The van der Waals surface area contributed by atoms with Gasteiger partial charge in [0, 0.05) is 41.3 Å². The zero-order valence-corrected chi connectivity index (χ0v) is 12.6. The molecule has 2 aromatic rings. The predicted molar refractivity (Wildman–Crippen MR) is 84.1 cm³/mol. The maximum absolute atomic E-state index is 5.74. The van der Waals surface area contributed by atoms with Crippen molar-refractivity contribution in [2.75, 3.05) is 17.2 Å². The molecule has 3 nitrogen and oxygen atoms in total. The van der Waals surface area contributed by atoms with Crippen LogP contribution in [0.5, 0.6) is 0 Å². The first-order valence-corrected chi connectivity index (χ1v) is 7.18. The van der Waals surface area contributed by atoms with Gasteiger partial charge in [-0.25, -0.2) is 0 Å². The summed E-state index contributed by atoms with van der Waals surface area (Å²) in [6.45, 7) is 4.05. The molecule has 0 radical (unpaired) electrons. The summed E-state index contributed by atoms with van der Waals surface area (Å²) in [5.74, 6) is 0. The van der Waals surface area contributed by atoms with Crippen molar-refractivity contribution in [3.05, 3.63) is 52.8 Å². The monoisotopic (exact) mass is 319 g/mol.